The fraction of sp³-hybridized carbons (Fsp3) is 0.231. The summed E-state index contributed by atoms with van der Waals surface area (Å²) in [7, 11) is 0. The Morgan fingerprint density at radius 3 is 3.00 bits per heavy atom. The molecule has 0 aliphatic rings. The van der Waals surface area contributed by atoms with Crippen LogP contribution in [0.4, 0.5) is 11.5 Å². The van der Waals surface area contributed by atoms with Crippen LogP contribution in [0.25, 0.3) is 0 Å². The van der Waals surface area contributed by atoms with E-state index in [0.29, 0.717) is 18.1 Å². The first-order chi connectivity index (χ1) is 9.11. The lowest BCUT2D eigenvalue weighted by Crippen LogP contribution is -2.07. The summed E-state index contributed by atoms with van der Waals surface area (Å²) in [5, 5.41) is 14.0. The molecule has 2 heterocycles. The van der Waals surface area contributed by atoms with Crippen LogP contribution < -0.4 is 11.1 Å². The number of hydrogen-bond acceptors (Lipinski definition) is 5. The predicted molar refractivity (Wildman–Crippen MR) is 76.6 cm³/mol. The third kappa shape index (κ3) is 3.03. The molecule has 0 fully saturated rings. The molecular formula is C13H15N3O2S. The van der Waals surface area contributed by atoms with E-state index in [1.54, 1.807) is 11.3 Å². The molecule has 100 valence electrons. The van der Waals surface area contributed by atoms with Crippen LogP contribution in [0.1, 0.15) is 27.7 Å². The fourth-order valence-corrected chi connectivity index (χ4v) is 2.66. The Morgan fingerprint density at radius 1 is 1.58 bits per heavy atom. The predicted octanol–water partition coefficient (Wildman–Crippen LogP) is 2.60. The van der Waals surface area contributed by atoms with Crippen molar-refractivity contribution in [2.24, 2.45) is 0 Å². The Bertz CT molecular complexity index is 595. The summed E-state index contributed by atoms with van der Waals surface area (Å²) in [6, 6.07) is 3.51. The molecule has 0 amide bonds. The van der Waals surface area contributed by atoms with E-state index in [0.717, 1.165) is 6.42 Å². The van der Waals surface area contributed by atoms with Gasteiger partial charge in [0.15, 0.2) is 0 Å². The smallest absolute Gasteiger partial charge is 0.337 e. The zero-order chi connectivity index (χ0) is 13.8. The first-order valence-corrected chi connectivity index (χ1v) is 6.77. The Balaban J connectivity index is 2.10. The molecule has 5 nitrogen and oxygen atoms in total. The minimum Gasteiger partial charge on any atom is -0.478 e. The van der Waals surface area contributed by atoms with E-state index in [2.05, 4.69) is 28.7 Å². The highest BCUT2D eigenvalue weighted by Crippen LogP contribution is 2.21. The molecule has 19 heavy (non-hydrogen) atoms. The Morgan fingerprint density at radius 2 is 2.37 bits per heavy atom. The van der Waals surface area contributed by atoms with Gasteiger partial charge in [0, 0.05) is 11.1 Å². The van der Waals surface area contributed by atoms with Gasteiger partial charge in [-0.25, -0.2) is 9.78 Å². The van der Waals surface area contributed by atoms with E-state index in [1.165, 1.54) is 22.7 Å². The molecule has 0 spiro atoms. The molecule has 0 aromatic carbocycles. The molecule has 2 rings (SSSR count). The van der Waals surface area contributed by atoms with Crippen molar-refractivity contribution in [2.45, 2.75) is 19.9 Å². The molecule has 0 saturated carbocycles. The quantitative estimate of drug-likeness (QED) is 0.781. The highest BCUT2D eigenvalue weighted by Gasteiger charge is 2.08. The lowest BCUT2D eigenvalue weighted by Gasteiger charge is -2.08. The Kier molecular flexibility index (Phi) is 4.01. The topological polar surface area (TPSA) is 88.2 Å². The van der Waals surface area contributed by atoms with Crippen molar-refractivity contribution in [1.82, 2.24) is 4.98 Å². The van der Waals surface area contributed by atoms with Crippen LogP contribution in [0.15, 0.2) is 23.7 Å². The van der Waals surface area contributed by atoms with Gasteiger partial charge in [0.2, 0.25) is 0 Å². The lowest BCUT2D eigenvalue weighted by molar-refractivity contribution is 0.0696. The summed E-state index contributed by atoms with van der Waals surface area (Å²) in [5.74, 6) is -0.516. The number of aromatic carboxylic acids is 1. The number of carboxylic acids is 1. The number of aromatic nitrogens is 1. The van der Waals surface area contributed by atoms with E-state index in [1.807, 2.05) is 0 Å². The molecule has 0 saturated heterocycles. The highest BCUT2D eigenvalue weighted by molar-refractivity contribution is 7.10. The maximum Gasteiger partial charge on any atom is 0.337 e. The monoisotopic (exact) mass is 277 g/mol. The zero-order valence-electron chi connectivity index (χ0n) is 10.5. The van der Waals surface area contributed by atoms with Gasteiger partial charge in [-0.05, 0) is 29.5 Å². The van der Waals surface area contributed by atoms with E-state index < -0.39 is 5.97 Å². The standard InChI is InChI=1S/C13H15N3O2S/c1-2-8-3-4-19-11(8)7-16-12-10(14)5-9(6-15-12)13(17)18/h3-6H,2,7,14H2,1H3,(H,15,16)(H,17,18). The van der Waals surface area contributed by atoms with Crippen LogP contribution in [-0.2, 0) is 13.0 Å². The van der Waals surface area contributed by atoms with Gasteiger partial charge in [0.1, 0.15) is 5.82 Å². The van der Waals surface area contributed by atoms with Gasteiger partial charge in [0.25, 0.3) is 0 Å². The summed E-state index contributed by atoms with van der Waals surface area (Å²) in [6.07, 6.45) is 2.29. The van der Waals surface area contributed by atoms with Gasteiger partial charge in [-0.3, -0.25) is 0 Å². The first kappa shape index (κ1) is 13.4. The van der Waals surface area contributed by atoms with Gasteiger partial charge < -0.3 is 16.2 Å². The minimum absolute atomic E-state index is 0.0911. The Hall–Kier alpha value is -2.08. The second-order valence-electron chi connectivity index (χ2n) is 4.04. The molecular weight excluding hydrogens is 262 g/mol. The molecule has 4 N–H and O–H groups in total. The highest BCUT2D eigenvalue weighted by atomic mass is 32.1. The number of nitrogens with one attached hydrogen (secondary N) is 1. The zero-order valence-corrected chi connectivity index (χ0v) is 11.3. The average molecular weight is 277 g/mol. The maximum absolute atomic E-state index is 10.8. The van der Waals surface area contributed by atoms with Crippen molar-refractivity contribution in [3.05, 3.63) is 39.7 Å². The molecule has 6 heteroatoms. The first-order valence-electron chi connectivity index (χ1n) is 5.89. The largest absolute Gasteiger partial charge is 0.478 e. The second-order valence-corrected chi connectivity index (χ2v) is 5.04. The van der Waals surface area contributed by atoms with Crippen LogP contribution in [-0.4, -0.2) is 16.1 Å². The second kappa shape index (κ2) is 5.71. The van der Waals surface area contributed by atoms with Crippen molar-refractivity contribution in [2.75, 3.05) is 11.1 Å². The third-order valence-electron chi connectivity index (χ3n) is 2.80. The maximum atomic E-state index is 10.8. The normalized spacial score (nSPS) is 10.4. The van der Waals surface area contributed by atoms with Crippen molar-refractivity contribution < 1.29 is 9.90 Å². The van der Waals surface area contributed by atoms with Crippen molar-refractivity contribution in [3.8, 4) is 0 Å². The molecule has 0 atom stereocenters. The molecule has 0 radical (unpaired) electrons. The lowest BCUT2D eigenvalue weighted by atomic mass is 10.2. The Labute approximate surface area is 115 Å². The SMILES string of the molecule is CCc1ccsc1CNc1ncc(C(=O)O)cc1N. The number of aryl methyl sites for hydroxylation is 1. The number of pyridine rings is 1. The average Bonchev–Trinajstić information content (AvgIpc) is 2.84. The minimum atomic E-state index is -1.03. The fourth-order valence-electron chi connectivity index (χ4n) is 1.75. The van der Waals surface area contributed by atoms with Gasteiger partial charge in [0.05, 0.1) is 17.8 Å². The number of nitrogens with two attached hydrogens (primary N) is 1. The molecule has 0 aliphatic carbocycles. The summed E-state index contributed by atoms with van der Waals surface area (Å²) in [4.78, 5) is 16.1. The van der Waals surface area contributed by atoms with Crippen molar-refractivity contribution in [1.29, 1.82) is 0 Å². The summed E-state index contributed by atoms with van der Waals surface area (Å²) < 4.78 is 0. The number of nitrogen functional groups attached to an aromatic ring is 1. The number of thiophene rings is 1. The third-order valence-corrected chi connectivity index (χ3v) is 3.76. The van der Waals surface area contributed by atoms with E-state index in [4.69, 9.17) is 10.8 Å². The number of nitrogens with zero attached hydrogens (tertiary/aromatic N) is 1. The van der Waals surface area contributed by atoms with Crippen molar-refractivity contribution in [3.63, 3.8) is 0 Å². The van der Waals surface area contributed by atoms with Gasteiger partial charge >= 0.3 is 5.97 Å². The van der Waals surface area contributed by atoms with E-state index >= 15 is 0 Å². The number of anilines is 2. The van der Waals surface area contributed by atoms with Gasteiger partial charge in [-0.15, -0.1) is 11.3 Å². The molecule has 2 aromatic rings. The van der Waals surface area contributed by atoms with Gasteiger partial charge in [-0.1, -0.05) is 6.92 Å². The van der Waals surface area contributed by atoms with Gasteiger partial charge in [-0.2, -0.15) is 0 Å². The summed E-state index contributed by atoms with van der Waals surface area (Å²) in [6.45, 7) is 2.75. The van der Waals surface area contributed by atoms with Crippen LogP contribution >= 0.6 is 11.3 Å². The molecule has 0 bridgehead atoms. The molecule has 0 unspecified atom stereocenters. The summed E-state index contributed by atoms with van der Waals surface area (Å²) in [5.41, 5.74) is 7.52. The van der Waals surface area contributed by atoms with Crippen LogP contribution in [0.2, 0.25) is 0 Å². The van der Waals surface area contributed by atoms with E-state index in [9.17, 15) is 4.79 Å². The van der Waals surface area contributed by atoms with E-state index in [-0.39, 0.29) is 5.56 Å². The number of carbonyl (C=O) groups is 1. The number of rotatable bonds is 5. The van der Waals surface area contributed by atoms with Crippen molar-refractivity contribution >= 4 is 28.8 Å². The number of carboxylic acid groups (broad SMARTS) is 1. The summed E-state index contributed by atoms with van der Waals surface area (Å²) >= 11 is 1.68. The molecule has 2 aromatic heterocycles. The van der Waals surface area contributed by atoms with Crippen LogP contribution in [0, 0.1) is 0 Å². The number of hydrogen-bond donors (Lipinski definition) is 3. The molecule has 0 aliphatic heterocycles. The van der Waals surface area contributed by atoms with Crippen LogP contribution in [0.3, 0.4) is 0 Å². The van der Waals surface area contributed by atoms with Crippen LogP contribution in [0.5, 0.6) is 0 Å².